The lowest BCUT2D eigenvalue weighted by Gasteiger charge is -2.30. The molecule has 18 heavy (non-hydrogen) atoms. The van der Waals surface area contributed by atoms with E-state index in [4.69, 9.17) is 11.6 Å². The van der Waals surface area contributed by atoms with Crippen molar-refractivity contribution in [3.8, 4) is 0 Å². The second kappa shape index (κ2) is 4.90. The molecule has 2 rings (SSSR count). The minimum atomic E-state index is -0.523. The number of carbonyl (C=O) groups is 1. The zero-order chi connectivity index (χ0) is 13.3. The smallest absolute Gasteiger partial charge is 0.246 e. The number of benzene rings is 1. The summed E-state index contributed by atoms with van der Waals surface area (Å²) in [5, 5.41) is 3.95. The maximum atomic E-state index is 12.6. The Kier molecular flexibility index (Phi) is 3.64. The third-order valence-corrected chi connectivity index (χ3v) is 3.60. The molecule has 1 saturated heterocycles. The Bertz CT molecular complexity index is 471. The van der Waals surface area contributed by atoms with Crippen LogP contribution in [0.2, 0.25) is 5.02 Å². The van der Waals surface area contributed by atoms with Gasteiger partial charge in [0.25, 0.3) is 0 Å². The van der Waals surface area contributed by atoms with Gasteiger partial charge >= 0.3 is 0 Å². The number of nitrogens with one attached hydrogen (secondary N) is 1. The molecule has 0 atom stereocenters. The number of nitrogens with zero attached hydrogens (tertiary/aromatic N) is 1. The fourth-order valence-corrected chi connectivity index (χ4v) is 2.42. The van der Waals surface area contributed by atoms with Gasteiger partial charge in [-0.25, -0.2) is 0 Å². The molecule has 1 aliphatic heterocycles. The molecule has 0 aliphatic carbocycles. The van der Waals surface area contributed by atoms with Gasteiger partial charge in [-0.3, -0.25) is 4.79 Å². The number of hydrogen-bond donors (Lipinski definition) is 1. The van der Waals surface area contributed by atoms with Crippen molar-refractivity contribution < 1.29 is 4.79 Å². The number of rotatable bonds is 1. The first-order valence-electron chi connectivity index (χ1n) is 6.25. The van der Waals surface area contributed by atoms with Crippen molar-refractivity contribution in [1.29, 1.82) is 0 Å². The van der Waals surface area contributed by atoms with Gasteiger partial charge in [-0.15, -0.1) is 0 Å². The number of aryl methyl sites for hydroxylation is 1. The van der Waals surface area contributed by atoms with Crippen molar-refractivity contribution in [2.24, 2.45) is 0 Å². The normalized spacial score (nSPS) is 19.8. The molecular weight excluding hydrogens is 248 g/mol. The zero-order valence-corrected chi connectivity index (χ0v) is 11.8. The highest BCUT2D eigenvalue weighted by Gasteiger charge is 2.34. The predicted molar refractivity (Wildman–Crippen MR) is 75.2 cm³/mol. The van der Waals surface area contributed by atoms with E-state index in [9.17, 15) is 4.79 Å². The first-order chi connectivity index (χ1) is 8.42. The molecule has 1 aliphatic rings. The van der Waals surface area contributed by atoms with Gasteiger partial charge in [-0.1, -0.05) is 17.7 Å². The Morgan fingerprint density at radius 1 is 1.39 bits per heavy atom. The Morgan fingerprint density at radius 3 is 2.83 bits per heavy atom. The first-order valence-corrected chi connectivity index (χ1v) is 6.63. The molecule has 1 heterocycles. The molecule has 1 N–H and O–H groups in total. The van der Waals surface area contributed by atoms with Crippen LogP contribution in [0, 0.1) is 6.92 Å². The third kappa shape index (κ3) is 2.52. The van der Waals surface area contributed by atoms with Crippen LogP contribution in [0.4, 0.5) is 5.69 Å². The van der Waals surface area contributed by atoms with E-state index in [0.29, 0.717) is 5.02 Å². The minimum Gasteiger partial charge on any atom is -0.310 e. The molecule has 1 fully saturated rings. The van der Waals surface area contributed by atoms with E-state index in [0.717, 1.165) is 30.8 Å². The summed E-state index contributed by atoms with van der Waals surface area (Å²) in [6.07, 6.45) is 0.946. The minimum absolute atomic E-state index is 0.102. The van der Waals surface area contributed by atoms with Crippen LogP contribution in [0.25, 0.3) is 0 Å². The molecule has 0 unspecified atom stereocenters. The van der Waals surface area contributed by atoms with Gasteiger partial charge in [0, 0.05) is 17.3 Å². The SMILES string of the molecule is Cc1ccc(Cl)cc1N1CCCNC(C)(C)C1=O. The second-order valence-electron chi connectivity index (χ2n) is 5.29. The summed E-state index contributed by atoms with van der Waals surface area (Å²) < 4.78 is 0. The molecule has 0 bridgehead atoms. The van der Waals surface area contributed by atoms with Crippen LogP contribution < -0.4 is 10.2 Å². The van der Waals surface area contributed by atoms with Crippen LogP contribution in [0.1, 0.15) is 25.8 Å². The summed E-state index contributed by atoms with van der Waals surface area (Å²) in [5.74, 6) is 0.102. The molecule has 98 valence electrons. The fraction of sp³-hybridized carbons (Fsp3) is 0.500. The molecule has 1 aromatic carbocycles. The third-order valence-electron chi connectivity index (χ3n) is 3.37. The van der Waals surface area contributed by atoms with Gasteiger partial charge in [0.05, 0.1) is 5.54 Å². The van der Waals surface area contributed by atoms with E-state index in [1.807, 2.05) is 43.9 Å². The van der Waals surface area contributed by atoms with E-state index in [1.165, 1.54) is 0 Å². The van der Waals surface area contributed by atoms with Crippen LogP contribution in [0.15, 0.2) is 18.2 Å². The second-order valence-corrected chi connectivity index (χ2v) is 5.73. The molecule has 0 aromatic heterocycles. The van der Waals surface area contributed by atoms with Gasteiger partial charge < -0.3 is 10.2 Å². The lowest BCUT2D eigenvalue weighted by atomic mass is 10.0. The van der Waals surface area contributed by atoms with Gasteiger partial charge in [0.2, 0.25) is 5.91 Å². The summed E-state index contributed by atoms with van der Waals surface area (Å²) in [6.45, 7) is 7.44. The summed E-state index contributed by atoms with van der Waals surface area (Å²) in [6, 6.07) is 5.68. The van der Waals surface area contributed by atoms with E-state index >= 15 is 0 Å². The van der Waals surface area contributed by atoms with E-state index in [2.05, 4.69) is 5.32 Å². The van der Waals surface area contributed by atoms with Gasteiger partial charge in [-0.05, 0) is 51.4 Å². The quantitative estimate of drug-likeness (QED) is 0.848. The Labute approximate surface area is 113 Å². The number of anilines is 1. The molecule has 1 aromatic rings. The Balaban J connectivity index is 2.41. The molecule has 3 nitrogen and oxygen atoms in total. The summed E-state index contributed by atoms with van der Waals surface area (Å²) in [7, 11) is 0. The molecule has 0 radical (unpaired) electrons. The van der Waals surface area contributed by atoms with Gasteiger partial charge in [0.15, 0.2) is 0 Å². The monoisotopic (exact) mass is 266 g/mol. The average molecular weight is 267 g/mol. The number of hydrogen-bond acceptors (Lipinski definition) is 2. The standard InChI is InChI=1S/C14H19ClN2O/c1-10-5-6-11(15)9-12(10)17-8-4-7-16-14(2,3)13(17)18/h5-6,9,16H,4,7-8H2,1-3H3. The zero-order valence-electron chi connectivity index (χ0n) is 11.1. The molecule has 0 spiro atoms. The largest absolute Gasteiger partial charge is 0.310 e. The van der Waals surface area contributed by atoms with Crippen LogP contribution in [-0.4, -0.2) is 24.5 Å². The highest BCUT2D eigenvalue weighted by Crippen LogP contribution is 2.27. The Hall–Kier alpha value is -1.06. The van der Waals surface area contributed by atoms with Crippen molar-refractivity contribution in [2.45, 2.75) is 32.7 Å². The summed E-state index contributed by atoms with van der Waals surface area (Å²) in [5.41, 5.74) is 1.47. The molecule has 1 amide bonds. The molecular formula is C14H19ClN2O. The van der Waals surface area contributed by atoms with Crippen LogP contribution in [0.3, 0.4) is 0 Å². The maximum absolute atomic E-state index is 12.6. The van der Waals surface area contributed by atoms with Crippen LogP contribution in [0.5, 0.6) is 0 Å². The highest BCUT2D eigenvalue weighted by molar-refractivity contribution is 6.31. The van der Waals surface area contributed by atoms with Gasteiger partial charge in [0.1, 0.15) is 0 Å². The summed E-state index contributed by atoms with van der Waals surface area (Å²) >= 11 is 6.04. The van der Waals surface area contributed by atoms with Crippen molar-refractivity contribution in [3.63, 3.8) is 0 Å². The lowest BCUT2D eigenvalue weighted by Crippen LogP contribution is -2.52. The highest BCUT2D eigenvalue weighted by atomic mass is 35.5. The van der Waals surface area contributed by atoms with E-state index in [-0.39, 0.29) is 5.91 Å². The first kappa shape index (κ1) is 13.4. The number of halogens is 1. The van der Waals surface area contributed by atoms with Crippen molar-refractivity contribution in [2.75, 3.05) is 18.0 Å². The number of carbonyl (C=O) groups excluding carboxylic acids is 1. The Morgan fingerprint density at radius 2 is 2.11 bits per heavy atom. The topological polar surface area (TPSA) is 32.3 Å². The molecule has 4 heteroatoms. The fourth-order valence-electron chi connectivity index (χ4n) is 2.26. The average Bonchev–Trinajstić information content (AvgIpc) is 2.44. The van der Waals surface area contributed by atoms with Gasteiger partial charge in [-0.2, -0.15) is 0 Å². The van der Waals surface area contributed by atoms with Crippen LogP contribution >= 0.6 is 11.6 Å². The molecule has 0 saturated carbocycles. The van der Waals surface area contributed by atoms with E-state index < -0.39 is 5.54 Å². The van der Waals surface area contributed by atoms with Crippen LogP contribution in [-0.2, 0) is 4.79 Å². The van der Waals surface area contributed by atoms with Crippen molar-refractivity contribution in [1.82, 2.24) is 5.32 Å². The van der Waals surface area contributed by atoms with Crippen molar-refractivity contribution >= 4 is 23.2 Å². The maximum Gasteiger partial charge on any atom is 0.246 e. The summed E-state index contributed by atoms with van der Waals surface area (Å²) in [4.78, 5) is 14.4. The predicted octanol–water partition coefficient (Wildman–Crippen LogP) is 2.75. The lowest BCUT2D eigenvalue weighted by molar-refractivity contribution is -0.123. The number of amides is 1. The van der Waals surface area contributed by atoms with E-state index in [1.54, 1.807) is 0 Å². The van der Waals surface area contributed by atoms with Crippen molar-refractivity contribution in [3.05, 3.63) is 28.8 Å².